The van der Waals surface area contributed by atoms with Crippen LogP contribution >= 0.6 is 28.3 Å². The minimum Gasteiger partial charge on any atom is -0.489 e. The predicted molar refractivity (Wildman–Crippen MR) is 75.9 cm³/mol. The summed E-state index contributed by atoms with van der Waals surface area (Å²) in [6.45, 7) is 4.45. The van der Waals surface area contributed by atoms with Gasteiger partial charge in [-0.15, -0.1) is 12.4 Å². The van der Waals surface area contributed by atoms with Gasteiger partial charge in [-0.1, -0.05) is 12.1 Å². The normalized spacial score (nSPS) is 10.9. The van der Waals surface area contributed by atoms with Gasteiger partial charge in [0, 0.05) is 12.1 Å². The number of hydrogen-bond acceptors (Lipinski definition) is 3. The van der Waals surface area contributed by atoms with E-state index >= 15 is 0 Å². The third kappa shape index (κ3) is 5.73. The first-order valence-corrected chi connectivity index (χ1v) is 6.00. The SMILES string of the molecule is CNCc1cccc(Br)c1OCC(C)(C)O.Cl. The lowest BCUT2D eigenvalue weighted by Gasteiger charge is -2.20. The molecule has 0 atom stereocenters. The maximum Gasteiger partial charge on any atom is 0.138 e. The molecule has 0 spiro atoms. The Balaban J connectivity index is 0.00000256. The zero-order valence-electron chi connectivity index (χ0n) is 10.3. The van der Waals surface area contributed by atoms with Crippen molar-refractivity contribution in [2.24, 2.45) is 0 Å². The van der Waals surface area contributed by atoms with E-state index in [1.54, 1.807) is 13.8 Å². The standard InChI is InChI=1S/C12H18BrNO2.ClH/c1-12(2,15)8-16-11-9(7-14-3)5-4-6-10(11)13;/h4-6,14-15H,7-8H2,1-3H3;1H. The van der Waals surface area contributed by atoms with Crippen LogP contribution in [0.2, 0.25) is 0 Å². The number of rotatable bonds is 5. The molecular weight excluding hydrogens is 305 g/mol. The molecule has 0 aromatic heterocycles. The first kappa shape index (κ1) is 16.7. The monoisotopic (exact) mass is 323 g/mol. The Morgan fingerprint density at radius 1 is 1.41 bits per heavy atom. The van der Waals surface area contributed by atoms with Crippen LogP contribution in [-0.2, 0) is 6.54 Å². The fraction of sp³-hybridized carbons (Fsp3) is 0.500. The van der Waals surface area contributed by atoms with Crippen molar-refractivity contribution in [3.63, 3.8) is 0 Å². The Morgan fingerprint density at radius 3 is 2.59 bits per heavy atom. The Kier molecular flexibility index (Phi) is 7.09. The van der Waals surface area contributed by atoms with Crippen molar-refractivity contribution in [1.82, 2.24) is 5.32 Å². The first-order chi connectivity index (χ1) is 7.44. The van der Waals surface area contributed by atoms with Crippen LogP contribution in [0, 0.1) is 0 Å². The smallest absolute Gasteiger partial charge is 0.138 e. The second-order valence-electron chi connectivity index (χ2n) is 4.36. The van der Waals surface area contributed by atoms with Crippen LogP contribution in [0.15, 0.2) is 22.7 Å². The van der Waals surface area contributed by atoms with Crippen molar-refractivity contribution >= 4 is 28.3 Å². The van der Waals surface area contributed by atoms with E-state index in [4.69, 9.17) is 4.74 Å². The number of benzene rings is 1. The average molecular weight is 325 g/mol. The minimum absolute atomic E-state index is 0. The molecule has 0 radical (unpaired) electrons. The Bertz CT molecular complexity index is 353. The summed E-state index contributed by atoms with van der Waals surface area (Å²) in [7, 11) is 1.89. The van der Waals surface area contributed by atoms with Gasteiger partial charge in [-0.3, -0.25) is 0 Å². The van der Waals surface area contributed by atoms with E-state index < -0.39 is 5.60 Å². The summed E-state index contributed by atoms with van der Waals surface area (Å²) >= 11 is 3.45. The highest BCUT2D eigenvalue weighted by Crippen LogP contribution is 2.29. The average Bonchev–Trinajstić information content (AvgIpc) is 2.15. The molecule has 1 aromatic rings. The topological polar surface area (TPSA) is 41.5 Å². The predicted octanol–water partition coefficient (Wildman–Crippen LogP) is 2.74. The molecule has 5 heteroatoms. The van der Waals surface area contributed by atoms with E-state index in [9.17, 15) is 5.11 Å². The van der Waals surface area contributed by atoms with Gasteiger partial charge in [0.25, 0.3) is 0 Å². The molecule has 0 saturated carbocycles. The van der Waals surface area contributed by atoms with Gasteiger partial charge in [0.2, 0.25) is 0 Å². The number of halogens is 2. The minimum atomic E-state index is -0.827. The quantitative estimate of drug-likeness (QED) is 0.875. The molecule has 17 heavy (non-hydrogen) atoms. The van der Waals surface area contributed by atoms with E-state index in [0.29, 0.717) is 0 Å². The second-order valence-corrected chi connectivity index (χ2v) is 5.21. The number of ether oxygens (including phenoxy) is 1. The summed E-state index contributed by atoms with van der Waals surface area (Å²) < 4.78 is 6.55. The fourth-order valence-electron chi connectivity index (χ4n) is 1.29. The Labute approximate surface area is 117 Å². The summed E-state index contributed by atoms with van der Waals surface area (Å²) in [4.78, 5) is 0. The highest BCUT2D eigenvalue weighted by Gasteiger charge is 2.16. The molecule has 0 aliphatic carbocycles. The van der Waals surface area contributed by atoms with E-state index in [-0.39, 0.29) is 19.0 Å². The van der Waals surface area contributed by atoms with Crippen LogP contribution in [0.4, 0.5) is 0 Å². The molecule has 2 N–H and O–H groups in total. The summed E-state index contributed by atoms with van der Waals surface area (Å²) in [5, 5.41) is 12.7. The molecule has 1 rings (SSSR count). The fourth-order valence-corrected chi connectivity index (χ4v) is 1.82. The van der Waals surface area contributed by atoms with Crippen molar-refractivity contribution in [2.45, 2.75) is 26.0 Å². The third-order valence-electron chi connectivity index (χ3n) is 1.99. The number of hydrogen-bond donors (Lipinski definition) is 2. The van der Waals surface area contributed by atoms with Gasteiger partial charge in [-0.2, -0.15) is 0 Å². The van der Waals surface area contributed by atoms with E-state index in [2.05, 4.69) is 21.2 Å². The summed E-state index contributed by atoms with van der Waals surface area (Å²) in [5.74, 6) is 0.791. The zero-order chi connectivity index (χ0) is 12.2. The van der Waals surface area contributed by atoms with Gasteiger partial charge in [-0.05, 0) is 42.9 Å². The Morgan fingerprint density at radius 2 is 2.06 bits per heavy atom. The van der Waals surface area contributed by atoms with Crippen molar-refractivity contribution in [2.75, 3.05) is 13.7 Å². The van der Waals surface area contributed by atoms with Crippen molar-refractivity contribution in [3.05, 3.63) is 28.2 Å². The van der Waals surface area contributed by atoms with E-state index in [1.165, 1.54) is 0 Å². The van der Waals surface area contributed by atoms with Gasteiger partial charge in [0.1, 0.15) is 12.4 Å². The van der Waals surface area contributed by atoms with Gasteiger partial charge in [0.05, 0.1) is 10.1 Å². The van der Waals surface area contributed by atoms with Crippen LogP contribution in [0.25, 0.3) is 0 Å². The molecule has 98 valence electrons. The summed E-state index contributed by atoms with van der Waals surface area (Å²) in [6, 6.07) is 5.90. The molecule has 3 nitrogen and oxygen atoms in total. The molecule has 0 bridgehead atoms. The van der Waals surface area contributed by atoms with Crippen LogP contribution in [0.5, 0.6) is 5.75 Å². The molecule has 0 saturated heterocycles. The zero-order valence-corrected chi connectivity index (χ0v) is 12.7. The van der Waals surface area contributed by atoms with Gasteiger partial charge < -0.3 is 15.2 Å². The van der Waals surface area contributed by atoms with Crippen molar-refractivity contribution < 1.29 is 9.84 Å². The molecule has 0 amide bonds. The lowest BCUT2D eigenvalue weighted by atomic mass is 10.1. The van der Waals surface area contributed by atoms with Gasteiger partial charge >= 0.3 is 0 Å². The Hall–Kier alpha value is -0.290. The number of aliphatic hydroxyl groups is 1. The molecule has 1 aromatic carbocycles. The maximum atomic E-state index is 9.63. The highest BCUT2D eigenvalue weighted by atomic mass is 79.9. The molecule has 0 unspecified atom stereocenters. The van der Waals surface area contributed by atoms with E-state index in [0.717, 1.165) is 22.3 Å². The molecule has 0 heterocycles. The van der Waals surface area contributed by atoms with Crippen LogP contribution in [0.1, 0.15) is 19.4 Å². The number of para-hydroxylation sites is 1. The summed E-state index contributed by atoms with van der Waals surface area (Å²) in [6.07, 6.45) is 0. The second kappa shape index (κ2) is 7.21. The lowest BCUT2D eigenvalue weighted by Crippen LogP contribution is -2.28. The van der Waals surface area contributed by atoms with E-state index in [1.807, 2.05) is 25.2 Å². The highest BCUT2D eigenvalue weighted by molar-refractivity contribution is 9.10. The van der Waals surface area contributed by atoms with Gasteiger partial charge in [-0.25, -0.2) is 0 Å². The van der Waals surface area contributed by atoms with Crippen LogP contribution < -0.4 is 10.1 Å². The van der Waals surface area contributed by atoms with Crippen molar-refractivity contribution in [3.8, 4) is 5.75 Å². The molecule has 0 aliphatic heterocycles. The third-order valence-corrected chi connectivity index (χ3v) is 2.61. The number of nitrogens with one attached hydrogen (secondary N) is 1. The molecule has 0 aliphatic rings. The summed E-state index contributed by atoms with van der Waals surface area (Å²) in [5.41, 5.74) is 0.243. The van der Waals surface area contributed by atoms with Crippen LogP contribution in [0.3, 0.4) is 0 Å². The van der Waals surface area contributed by atoms with Crippen molar-refractivity contribution in [1.29, 1.82) is 0 Å². The first-order valence-electron chi connectivity index (χ1n) is 5.21. The van der Waals surface area contributed by atoms with Crippen LogP contribution in [-0.4, -0.2) is 24.4 Å². The maximum absolute atomic E-state index is 9.63. The van der Waals surface area contributed by atoms with Gasteiger partial charge in [0.15, 0.2) is 0 Å². The molecule has 0 fully saturated rings. The molecular formula is C12H19BrClNO2. The lowest BCUT2D eigenvalue weighted by molar-refractivity contribution is 0.0278. The largest absolute Gasteiger partial charge is 0.489 e.